The van der Waals surface area contributed by atoms with Crippen LogP contribution in [0.25, 0.3) is 0 Å². The van der Waals surface area contributed by atoms with Gasteiger partial charge in [0.15, 0.2) is 11.8 Å². The Balaban J connectivity index is 1.10. The Labute approximate surface area is 194 Å². The number of fused-ring (bicyclic) bond motifs is 1. The molecule has 1 aromatic rings. The lowest BCUT2D eigenvalue weighted by molar-refractivity contribution is -0.156. The van der Waals surface area contributed by atoms with Gasteiger partial charge < -0.3 is 15.2 Å². The molecule has 0 amide bonds. The second-order valence-corrected chi connectivity index (χ2v) is 11.8. The molecule has 3 heterocycles. The number of ether oxygens (including phenoxy) is 2. The highest BCUT2D eigenvalue weighted by molar-refractivity contribution is 7.48. The van der Waals surface area contributed by atoms with Gasteiger partial charge in [-0.05, 0) is 51.9 Å². The predicted octanol–water partition coefficient (Wildman–Crippen LogP) is 1.10. The number of carbonyl (C=O) groups excluding carboxylic acids is 1. The van der Waals surface area contributed by atoms with Crippen LogP contribution in [0.2, 0.25) is 0 Å². The summed E-state index contributed by atoms with van der Waals surface area (Å²) in [7, 11) is -3.95. The SMILES string of the molecule is C[C@]1(N)[C@H](n2ccc(=O)[nH]c2=O)O[C@@H]2C3O[P@@](=O)(OCCC4(C(=O)OC5CCCC5)CC4)O[C@]321. The third kappa shape index (κ3) is 3.23. The molecule has 1 unspecified atom stereocenters. The maximum absolute atomic E-state index is 13.2. The van der Waals surface area contributed by atoms with Crippen molar-refractivity contribution in [3.63, 3.8) is 0 Å². The number of nitrogens with one attached hydrogen (secondary N) is 1. The zero-order valence-electron chi connectivity index (χ0n) is 18.8. The van der Waals surface area contributed by atoms with Crippen LogP contribution < -0.4 is 17.0 Å². The molecule has 6 atom stereocenters. The molecule has 12 nitrogen and oxygen atoms in total. The van der Waals surface area contributed by atoms with Crippen LogP contribution >= 0.6 is 7.82 Å². The lowest BCUT2D eigenvalue weighted by Crippen LogP contribution is -2.57. The molecule has 13 heteroatoms. The smallest absolute Gasteiger partial charge is 0.462 e. The number of H-pyrrole nitrogens is 1. The van der Waals surface area contributed by atoms with Gasteiger partial charge in [0.1, 0.15) is 18.3 Å². The Kier molecular flexibility index (Phi) is 4.89. The minimum absolute atomic E-state index is 0.00128. The third-order valence-electron chi connectivity index (χ3n) is 7.94. The maximum atomic E-state index is 13.2. The van der Waals surface area contributed by atoms with Crippen molar-refractivity contribution in [2.45, 2.75) is 87.5 Å². The monoisotopic (exact) mass is 497 g/mol. The standard InChI is InChI=1S/C21H28N3O9P/c1-19(22)16(24-10-6-13(25)23-18(24)27)31-14-15-21(14,19)33-34(28,32-15)29-11-9-20(7-8-20)17(26)30-12-4-2-3-5-12/h6,10,12,14-16H,2-5,7-9,11,22H2,1H3,(H,23,25,27)/t14-,15?,16-,19+,21+,34-/m1/s1. The summed E-state index contributed by atoms with van der Waals surface area (Å²) in [5.74, 6) is -0.205. The molecule has 3 saturated carbocycles. The van der Waals surface area contributed by atoms with Crippen LogP contribution in [0.3, 0.4) is 0 Å². The van der Waals surface area contributed by atoms with E-state index >= 15 is 0 Å². The summed E-state index contributed by atoms with van der Waals surface area (Å²) >= 11 is 0. The van der Waals surface area contributed by atoms with Crippen molar-refractivity contribution in [2.75, 3.05) is 6.61 Å². The van der Waals surface area contributed by atoms with Crippen LogP contribution in [0.5, 0.6) is 0 Å². The van der Waals surface area contributed by atoms with Crippen LogP contribution in [-0.2, 0) is 32.4 Å². The number of aromatic nitrogens is 2. The van der Waals surface area contributed by atoms with Crippen LogP contribution in [0, 0.1) is 5.41 Å². The number of hydrogen-bond acceptors (Lipinski definition) is 10. The molecule has 6 rings (SSSR count). The fourth-order valence-electron chi connectivity index (χ4n) is 5.61. The molecule has 5 fully saturated rings. The highest BCUT2D eigenvalue weighted by atomic mass is 31.2. The zero-order chi connectivity index (χ0) is 23.9. The molecule has 34 heavy (non-hydrogen) atoms. The molecular formula is C21H28N3O9P. The van der Waals surface area contributed by atoms with Crippen LogP contribution in [0.15, 0.2) is 21.9 Å². The molecular weight excluding hydrogens is 469 g/mol. The Hall–Kier alpha value is -1.82. The van der Waals surface area contributed by atoms with E-state index in [0.29, 0.717) is 19.3 Å². The summed E-state index contributed by atoms with van der Waals surface area (Å²) in [4.78, 5) is 38.4. The number of aromatic amines is 1. The predicted molar refractivity (Wildman–Crippen MR) is 115 cm³/mol. The summed E-state index contributed by atoms with van der Waals surface area (Å²) < 4.78 is 42.9. The molecule has 0 aromatic carbocycles. The highest BCUT2D eigenvalue weighted by Crippen LogP contribution is 2.77. The lowest BCUT2D eigenvalue weighted by Gasteiger charge is -2.33. The first kappa shape index (κ1) is 22.6. The van der Waals surface area contributed by atoms with Crippen molar-refractivity contribution in [1.82, 2.24) is 9.55 Å². The molecule has 3 N–H and O–H groups in total. The number of carbonyl (C=O) groups is 1. The van der Waals surface area contributed by atoms with Gasteiger partial charge >= 0.3 is 19.5 Å². The summed E-state index contributed by atoms with van der Waals surface area (Å²) in [6, 6.07) is 1.19. The van der Waals surface area contributed by atoms with Gasteiger partial charge in [0, 0.05) is 12.3 Å². The van der Waals surface area contributed by atoms with Gasteiger partial charge in [-0.25, -0.2) is 9.36 Å². The molecule has 0 radical (unpaired) electrons. The Morgan fingerprint density at radius 2 is 2.03 bits per heavy atom. The highest BCUT2D eigenvalue weighted by Gasteiger charge is 2.89. The van der Waals surface area contributed by atoms with Gasteiger partial charge in [-0.3, -0.25) is 32.7 Å². The van der Waals surface area contributed by atoms with Crippen molar-refractivity contribution in [3.05, 3.63) is 33.1 Å². The Bertz CT molecular complexity index is 1180. The molecule has 0 bridgehead atoms. The van der Waals surface area contributed by atoms with E-state index < -0.39 is 54.1 Å². The number of nitrogens with zero attached hydrogens (tertiary/aromatic N) is 1. The van der Waals surface area contributed by atoms with E-state index in [1.165, 1.54) is 16.8 Å². The van der Waals surface area contributed by atoms with Crippen molar-refractivity contribution < 1.29 is 32.4 Å². The molecule has 2 aliphatic heterocycles. The Morgan fingerprint density at radius 1 is 1.29 bits per heavy atom. The normalized spacial score (nSPS) is 41.8. The average molecular weight is 497 g/mol. The number of nitrogens with two attached hydrogens (primary N) is 1. The molecule has 5 aliphatic rings. The van der Waals surface area contributed by atoms with Crippen molar-refractivity contribution in [3.8, 4) is 0 Å². The first-order chi connectivity index (χ1) is 16.1. The van der Waals surface area contributed by atoms with Crippen molar-refractivity contribution in [1.29, 1.82) is 0 Å². The minimum Gasteiger partial charge on any atom is -0.462 e. The first-order valence-electron chi connectivity index (χ1n) is 11.7. The number of rotatable bonds is 7. The summed E-state index contributed by atoms with van der Waals surface area (Å²) in [6.45, 7) is 1.63. The lowest BCUT2D eigenvalue weighted by atomic mass is 9.92. The summed E-state index contributed by atoms with van der Waals surface area (Å²) in [6.07, 6.45) is 4.76. The van der Waals surface area contributed by atoms with E-state index in [2.05, 4.69) is 4.98 Å². The second-order valence-electron chi connectivity index (χ2n) is 10.2. The largest absolute Gasteiger partial charge is 0.476 e. The molecule has 2 saturated heterocycles. The Morgan fingerprint density at radius 3 is 2.71 bits per heavy atom. The topological polar surface area (TPSA) is 161 Å². The molecule has 3 aliphatic carbocycles. The van der Waals surface area contributed by atoms with E-state index in [0.717, 1.165) is 25.7 Å². The number of esters is 1. The number of hydrogen-bond donors (Lipinski definition) is 2. The van der Waals surface area contributed by atoms with Gasteiger partial charge in [-0.2, -0.15) is 0 Å². The van der Waals surface area contributed by atoms with Gasteiger partial charge in [0.2, 0.25) is 0 Å². The van der Waals surface area contributed by atoms with E-state index in [1.807, 2.05) is 0 Å². The fourth-order valence-corrected chi connectivity index (χ4v) is 7.40. The van der Waals surface area contributed by atoms with Crippen LogP contribution in [0.1, 0.15) is 58.1 Å². The number of phosphoric acid groups is 1. The minimum atomic E-state index is -3.95. The van der Waals surface area contributed by atoms with E-state index in [1.54, 1.807) is 6.92 Å². The molecule has 1 aromatic heterocycles. The average Bonchev–Trinajstić information content (AvgIpc) is 3.48. The zero-order valence-corrected chi connectivity index (χ0v) is 19.7. The van der Waals surface area contributed by atoms with Gasteiger partial charge in [-0.1, -0.05) is 0 Å². The van der Waals surface area contributed by atoms with Gasteiger partial charge in [-0.15, -0.1) is 0 Å². The van der Waals surface area contributed by atoms with E-state index in [4.69, 9.17) is 28.8 Å². The number of phosphoric ester groups is 1. The van der Waals surface area contributed by atoms with Crippen molar-refractivity contribution >= 4 is 13.8 Å². The van der Waals surface area contributed by atoms with Crippen LogP contribution in [0.4, 0.5) is 0 Å². The van der Waals surface area contributed by atoms with E-state index in [-0.39, 0.29) is 18.7 Å². The van der Waals surface area contributed by atoms with Gasteiger partial charge in [0.05, 0.1) is 17.6 Å². The van der Waals surface area contributed by atoms with E-state index in [9.17, 15) is 18.9 Å². The quantitative estimate of drug-likeness (QED) is 0.412. The van der Waals surface area contributed by atoms with Gasteiger partial charge in [0.25, 0.3) is 5.56 Å². The van der Waals surface area contributed by atoms with Crippen molar-refractivity contribution in [2.24, 2.45) is 11.1 Å². The molecule has 186 valence electrons. The summed E-state index contributed by atoms with van der Waals surface area (Å²) in [5, 5.41) is 0. The molecule has 1 spiro atoms. The van der Waals surface area contributed by atoms with Crippen LogP contribution in [-0.4, -0.2) is 51.6 Å². The summed E-state index contributed by atoms with van der Waals surface area (Å²) in [5.41, 5.74) is 2.19. The first-order valence-corrected chi connectivity index (χ1v) is 13.2. The third-order valence-corrected chi connectivity index (χ3v) is 9.45. The fraction of sp³-hybridized carbons (Fsp3) is 0.762. The second kappa shape index (κ2) is 7.35. The maximum Gasteiger partial charge on any atom is 0.476 e.